The van der Waals surface area contributed by atoms with E-state index in [-0.39, 0.29) is 0 Å². The summed E-state index contributed by atoms with van der Waals surface area (Å²) in [6.07, 6.45) is 1.15. The van der Waals surface area contributed by atoms with Crippen LogP contribution in [-0.2, 0) is 6.54 Å². The van der Waals surface area contributed by atoms with Gasteiger partial charge in [0.25, 0.3) is 0 Å². The van der Waals surface area contributed by atoms with Crippen LogP contribution in [0.5, 0.6) is 0 Å². The minimum Gasteiger partial charge on any atom is -0.321 e. The molecule has 0 fully saturated rings. The van der Waals surface area contributed by atoms with Crippen LogP contribution in [0.15, 0.2) is 29.6 Å². The lowest BCUT2D eigenvalue weighted by atomic mass is 10.2. The van der Waals surface area contributed by atoms with Crippen LogP contribution >= 0.6 is 11.3 Å². The van der Waals surface area contributed by atoms with Crippen molar-refractivity contribution in [2.24, 2.45) is 0 Å². The second-order valence-electron chi connectivity index (χ2n) is 4.70. The van der Waals surface area contributed by atoms with Crippen LogP contribution in [0, 0.1) is 6.92 Å². The molecule has 3 nitrogen and oxygen atoms in total. The summed E-state index contributed by atoms with van der Waals surface area (Å²) in [4.78, 5) is 6.81. The van der Waals surface area contributed by atoms with Crippen LogP contribution in [-0.4, -0.2) is 18.6 Å². The van der Waals surface area contributed by atoms with Gasteiger partial charge in [-0.1, -0.05) is 19.1 Å². The standard InChI is InChI=1S/C15H21N3S/c1-4-8-16-10-13-11-19-15(17-13)18(3)14-7-5-6-12(2)9-14/h5-7,9,11,16H,4,8,10H2,1-3H3. The molecule has 102 valence electrons. The average molecular weight is 275 g/mol. The molecule has 1 N–H and O–H groups in total. The molecule has 0 aliphatic rings. The molecule has 0 saturated carbocycles. The third-order valence-electron chi connectivity index (χ3n) is 2.95. The highest BCUT2D eigenvalue weighted by Gasteiger charge is 2.08. The van der Waals surface area contributed by atoms with E-state index in [1.54, 1.807) is 11.3 Å². The first kappa shape index (κ1) is 14.0. The summed E-state index contributed by atoms with van der Waals surface area (Å²) in [7, 11) is 2.07. The first-order chi connectivity index (χ1) is 9.20. The van der Waals surface area contributed by atoms with Crippen molar-refractivity contribution < 1.29 is 0 Å². The van der Waals surface area contributed by atoms with Crippen molar-refractivity contribution in [3.8, 4) is 0 Å². The number of rotatable bonds is 6. The maximum atomic E-state index is 4.67. The first-order valence-electron chi connectivity index (χ1n) is 6.66. The third-order valence-corrected chi connectivity index (χ3v) is 3.91. The number of aryl methyl sites for hydroxylation is 1. The lowest BCUT2D eigenvalue weighted by Crippen LogP contribution is -2.14. The molecule has 0 unspecified atom stereocenters. The van der Waals surface area contributed by atoms with Crippen LogP contribution < -0.4 is 10.2 Å². The van der Waals surface area contributed by atoms with Crippen LogP contribution in [0.25, 0.3) is 0 Å². The van der Waals surface area contributed by atoms with Crippen molar-refractivity contribution in [2.75, 3.05) is 18.5 Å². The number of hydrogen-bond donors (Lipinski definition) is 1. The van der Waals surface area contributed by atoms with Crippen molar-refractivity contribution in [2.45, 2.75) is 26.8 Å². The lowest BCUT2D eigenvalue weighted by molar-refractivity contribution is 0.667. The predicted octanol–water partition coefficient (Wildman–Crippen LogP) is 3.72. The number of nitrogens with one attached hydrogen (secondary N) is 1. The van der Waals surface area contributed by atoms with Crippen LogP contribution in [0.1, 0.15) is 24.6 Å². The Labute approximate surface area is 119 Å². The van der Waals surface area contributed by atoms with Gasteiger partial charge in [-0.2, -0.15) is 0 Å². The van der Waals surface area contributed by atoms with Crippen molar-refractivity contribution in [3.05, 3.63) is 40.9 Å². The maximum absolute atomic E-state index is 4.67. The van der Waals surface area contributed by atoms with Gasteiger partial charge >= 0.3 is 0 Å². The summed E-state index contributed by atoms with van der Waals surface area (Å²) in [6, 6.07) is 8.48. The molecule has 2 rings (SSSR count). The van der Waals surface area contributed by atoms with Gasteiger partial charge in [-0.3, -0.25) is 0 Å². The highest BCUT2D eigenvalue weighted by Crippen LogP contribution is 2.27. The molecule has 0 bridgehead atoms. The summed E-state index contributed by atoms with van der Waals surface area (Å²) in [5, 5.41) is 6.55. The number of benzene rings is 1. The molecular formula is C15H21N3S. The van der Waals surface area contributed by atoms with Crippen molar-refractivity contribution in [1.82, 2.24) is 10.3 Å². The van der Waals surface area contributed by atoms with Crippen molar-refractivity contribution in [3.63, 3.8) is 0 Å². The van der Waals surface area contributed by atoms with Gasteiger partial charge in [-0.25, -0.2) is 4.98 Å². The molecule has 1 aromatic heterocycles. The molecule has 1 aromatic carbocycles. The highest BCUT2D eigenvalue weighted by molar-refractivity contribution is 7.13. The van der Waals surface area contributed by atoms with E-state index in [1.807, 2.05) is 0 Å². The second-order valence-corrected chi connectivity index (χ2v) is 5.53. The molecule has 2 aromatic rings. The van der Waals surface area contributed by atoms with Crippen LogP contribution in [0.3, 0.4) is 0 Å². The predicted molar refractivity (Wildman–Crippen MR) is 83.4 cm³/mol. The number of thiazole rings is 1. The zero-order chi connectivity index (χ0) is 13.7. The van der Waals surface area contributed by atoms with E-state index in [9.17, 15) is 0 Å². The quantitative estimate of drug-likeness (QED) is 0.814. The molecule has 0 saturated heterocycles. The summed E-state index contributed by atoms with van der Waals surface area (Å²) < 4.78 is 0. The zero-order valence-corrected chi connectivity index (χ0v) is 12.6. The molecule has 0 amide bonds. The SMILES string of the molecule is CCCNCc1csc(N(C)c2cccc(C)c2)n1. The molecule has 1 heterocycles. The van der Waals surface area contributed by atoms with Crippen molar-refractivity contribution in [1.29, 1.82) is 0 Å². The van der Waals surface area contributed by atoms with Gasteiger partial charge in [0.05, 0.1) is 5.69 Å². The fraction of sp³-hybridized carbons (Fsp3) is 0.400. The minimum atomic E-state index is 0.853. The van der Waals surface area contributed by atoms with E-state index in [4.69, 9.17) is 0 Å². The highest BCUT2D eigenvalue weighted by atomic mass is 32.1. The smallest absolute Gasteiger partial charge is 0.189 e. The fourth-order valence-corrected chi connectivity index (χ4v) is 2.68. The van der Waals surface area contributed by atoms with Gasteiger partial charge in [-0.15, -0.1) is 11.3 Å². The van der Waals surface area contributed by atoms with Gasteiger partial charge < -0.3 is 10.2 Å². The van der Waals surface area contributed by atoms with E-state index in [2.05, 4.69) is 65.7 Å². The largest absolute Gasteiger partial charge is 0.321 e. The van der Waals surface area contributed by atoms with Gasteiger partial charge in [-0.05, 0) is 37.6 Å². The lowest BCUT2D eigenvalue weighted by Gasteiger charge is -2.16. The Morgan fingerprint density at radius 1 is 1.37 bits per heavy atom. The number of aromatic nitrogens is 1. The topological polar surface area (TPSA) is 28.2 Å². The molecule has 0 radical (unpaired) electrons. The summed E-state index contributed by atoms with van der Waals surface area (Å²) >= 11 is 1.69. The van der Waals surface area contributed by atoms with Gasteiger partial charge in [0.1, 0.15) is 0 Å². The van der Waals surface area contributed by atoms with E-state index in [0.717, 1.165) is 30.3 Å². The number of hydrogen-bond acceptors (Lipinski definition) is 4. The summed E-state index contributed by atoms with van der Waals surface area (Å²) in [5.74, 6) is 0. The molecule has 4 heteroatoms. The molecule has 0 atom stereocenters. The zero-order valence-electron chi connectivity index (χ0n) is 11.8. The molecule has 0 spiro atoms. The van der Waals surface area contributed by atoms with Gasteiger partial charge in [0.15, 0.2) is 5.13 Å². The summed E-state index contributed by atoms with van der Waals surface area (Å²) in [6.45, 7) is 6.18. The normalized spacial score (nSPS) is 10.7. The number of anilines is 2. The molecule has 0 aliphatic heterocycles. The molecule has 0 aliphatic carbocycles. The Hall–Kier alpha value is -1.39. The first-order valence-corrected chi connectivity index (χ1v) is 7.54. The van der Waals surface area contributed by atoms with Crippen LogP contribution in [0.2, 0.25) is 0 Å². The van der Waals surface area contributed by atoms with Gasteiger partial charge in [0.2, 0.25) is 0 Å². The monoisotopic (exact) mass is 275 g/mol. The van der Waals surface area contributed by atoms with Gasteiger partial charge in [0, 0.05) is 24.7 Å². The summed E-state index contributed by atoms with van der Waals surface area (Å²) in [5.41, 5.74) is 3.57. The molecular weight excluding hydrogens is 254 g/mol. The van der Waals surface area contributed by atoms with Crippen LogP contribution in [0.4, 0.5) is 10.8 Å². The van der Waals surface area contributed by atoms with E-state index >= 15 is 0 Å². The molecule has 19 heavy (non-hydrogen) atoms. The Morgan fingerprint density at radius 2 is 2.21 bits per heavy atom. The second kappa shape index (κ2) is 6.68. The van der Waals surface area contributed by atoms with E-state index < -0.39 is 0 Å². The third kappa shape index (κ3) is 3.78. The Balaban J connectivity index is 2.05. The number of nitrogens with zero attached hydrogens (tertiary/aromatic N) is 2. The van der Waals surface area contributed by atoms with E-state index in [1.165, 1.54) is 11.3 Å². The maximum Gasteiger partial charge on any atom is 0.189 e. The minimum absolute atomic E-state index is 0.853. The average Bonchev–Trinajstić information content (AvgIpc) is 2.87. The Bertz CT molecular complexity index is 522. The Morgan fingerprint density at radius 3 is 2.95 bits per heavy atom. The van der Waals surface area contributed by atoms with Crippen molar-refractivity contribution >= 4 is 22.2 Å². The van der Waals surface area contributed by atoms with E-state index in [0.29, 0.717) is 0 Å². The Kier molecular flexibility index (Phi) is 4.93. The fourth-order valence-electron chi connectivity index (χ4n) is 1.87.